The van der Waals surface area contributed by atoms with E-state index in [9.17, 15) is 4.79 Å². The van der Waals surface area contributed by atoms with Crippen LogP contribution in [0, 0.1) is 0 Å². The third-order valence-electron chi connectivity index (χ3n) is 3.83. The fourth-order valence-corrected chi connectivity index (χ4v) is 3.15. The molecule has 0 unspecified atom stereocenters. The average molecular weight is 407 g/mol. The van der Waals surface area contributed by atoms with E-state index in [-0.39, 0.29) is 19.1 Å². The summed E-state index contributed by atoms with van der Waals surface area (Å²) in [6.45, 7) is 0.00956. The smallest absolute Gasteiger partial charge is 0.268 e. The highest BCUT2D eigenvalue weighted by Gasteiger charge is 2.12. The topological polar surface area (TPSA) is 86.5 Å². The van der Waals surface area contributed by atoms with Crippen molar-refractivity contribution in [1.82, 2.24) is 10.1 Å². The standard InChI is InChI=1S/C21H17N3O4S/c25-20(14-26-15-7-2-1-3-8-15)22-16-9-4-5-10-17(16)27-13-19-23-21(28-24-19)18-11-6-12-29-18/h1-12H,13-14H2,(H,22,25). The van der Waals surface area contributed by atoms with Crippen LogP contribution in [-0.4, -0.2) is 22.7 Å². The van der Waals surface area contributed by atoms with E-state index in [0.717, 1.165) is 4.88 Å². The second-order valence-electron chi connectivity index (χ2n) is 5.93. The minimum atomic E-state index is -0.288. The predicted molar refractivity (Wildman–Crippen MR) is 109 cm³/mol. The number of rotatable bonds is 8. The number of benzene rings is 2. The van der Waals surface area contributed by atoms with Crippen molar-refractivity contribution in [2.24, 2.45) is 0 Å². The van der Waals surface area contributed by atoms with E-state index in [4.69, 9.17) is 14.0 Å². The van der Waals surface area contributed by atoms with Crippen LogP contribution in [0.4, 0.5) is 5.69 Å². The molecular weight excluding hydrogens is 390 g/mol. The van der Waals surface area contributed by atoms with E-state index in [0.29, 0.717) is 28.9 Å². The number of carbonyl (C=O) groups is 1. The molecule has 29 heavy (non-hydrogen) atoms. The van der Waals surface area contributed by atoms with Gasteiger partial charge in [0.25, 0.3) is 11.8 Å². The molecule has 0 spiro atoms. The van der Waals surface area contributed by atoms with Gasteiger partial charge in [0.2, 0.25) is 5.82 Å². The first-order chi connectivity index (χ1) is 14.3. The molecule has 1 N–H and O–H groups in total. The number of thiophene rings is 1. The number of amides is 1. The van der Waals surface area contributed by atoms with Gasteiger partial charge in [0.15, 0.2) is 13.2 Å². The molecule has 146 valence electrons. The number of anilines is 1. The second-order valence-corrected chi connectivity index (χ2v) is 6.88. The van der Waals surface area contributed by atoms with E-state index >= 15 is 0 Å². The Morgan fingerprint density at radius 1 is 1.00 bits per heavy atom. The molecule has 0 fully saturated rings. The van der Waals surface area contributed by atoms with Crippen molar-refractivity contribution in [1.29, 1.82) is 0 Å². The van der Waals surface area contributed by atoms with Crippen molar-refractivity contribution in [3.05, 3.63) is 77.9 Å². The Kier molecular flexibility index (Phi) is 5.82. The van der Waals surface area contributed by atoms with E-state index < -0.39 is 0 Å². The van der Waals surface area contributed by atoms with Crippen molar-refractivity contribution in [2.75, 3.05) is 11.9 Å². The zero-order chi connectivity index (χ0) is 19.9. The first kappa shape index (κ1) is 18.7. The van der Waals surface area contributed by atoms with Crippen LogP contribution in [0.15, 0.2) is 76.6 Å². The van der Waals surface area contributed by atoms with Crippen molar-refractivity contribution >= 4 is 22.9 Å². The second kappa shape index (κ2) is 9.03. The highest BCUT2D eigenvalue weighted by Crippen LogP contribution is 2.26. The van der Waals surface area contributed by atoms with Crippen molar-refractivity contribution < 1.29 is 18.8 Å². The summed E-state index contributed by atoms with van der Waals surface area (Å²) in [6, 6.07) is 20.1. The molecule has 2 aromatic heterocycles. The fourth-order valence-electron chi connectivity index (χ4n) is 2.50. The summed E-state index contributed by atoms with van der Waals surface area (Å²) in [5.74, 6) is 1.72. The summed E-state index contributed by atoms with van der Waals surface area (Å²) in [5, 5.41) is 8.66. The normalized spacial score (nSPS) is 10.5. The highest BCUT2D eigenvalue weighted by atomic mass is 32.1. The summed E-state index contributed by atoms with van der Waals surface area (Å²) in [5.41, 5.74) is 0.538. The minimum absolute atomic E-state index is 0.104. The lowest BCUT2D eigenvalue weighted by Crippen LogP contribution is -2.20. The summed E-state index contributed by atoms with van der Waals surface area (Å²) >= 11 is 1.52. The van der Waals surface area contributed by atoms with Gasteiger partial charge in [0, 0.05) is 0 Å². The number of hydrogen-bond donors (Lipinski definition) is 1. The molecule has 0 saturated carbocycles. The molecule has 2 aromatic carbocycles. The quantitative estimate of drug-likeness (QED) is 0.466. The highest BCUT2D eigenvalue weighted by molar-refractivity contribution is 7.13. The molecule has 0 aliphatic rings. The summed E-state index contributed by atoms with van der Waals surface area (Å²) in [4.78, 5) is 17.4. The Balaban J connectivity index is 1.35. The van der Waals surface area contributed by atoms with E-state index in [2.05, 4.69) is 15.5 Å². The zero-order valence-electron chi connectivity index (χ0n) is 15.3. The Bertz CT molecular complexity index is 1060. The molecule has 0 radical (unpaired) electrons. The van der Waals surface area contributed by atoms with Crippen LogP contribution in [0.1, 0.15) is 5.82 Å². The van der Waals surface area contributed by atoms with Gasteiger partial charge in [0.05, 0.1) is 10.6 Å². The lowest BCUT2D eigenvalue weighted by Gasteiger charge is -2.12. The average Bonchev–Trinajstić information content (AvgIpc) is 3.44. The molecule has 0 atom stereocenters. The maximum atomic E-state index is 12.2. The SMILES string of the molecule is O=C(COc1ccccc1)Nc1ccccc1OCc1noc(-c2cccs2)n1. The molecule has 8 heteroatoms. The Morgan fingerprint density at radius 3 is 2.66 bits per heavy atom. The Morgan fingerprint density at radius 2 is 1.83 bits per heavy atom. The van der Waals surface area contributed by atoms with Gasteiger partial charge in [-0.25, -0.2) is 0 Å². The molecular formula is C21H17N3O4S. The van der Waals surface area contributed by atoms with Crippen molar-refractivity contribution in [2.45, 2.75) is 6.61 Å². The zero-order valence-corrected chi connectivity index (χ0v) is 16.1. The molecule has 0 bridgehead atoms. The lowest BCUT2D eigenvalue weighted by atomic mass is 10.3. The fraction of sp³-hybridized carbons (Fsp3) is 0.0952. The summed E-state index contributed by atoms with van der Waals surface area (Å²) < 4.78 is 16.5. The molecule has 0 aliphatic carbocycles. The molecule has 4 aromatic rings. The number of hydrogen-bond acceptors (Lipinski definition) is 7. The monoisotopic (exact) mass is 407 g/mol. The van der Waals surface area contributed by atoms with Crippen LogP contribution in [-0.2, 0) is 11.4 Å². The number of nitrogens with one attached hydrogen (secondary N) is 1. The van der Waals surface area contributed by atoms with Crippen LogP contribution in [0.3, 0.4) is 0 Å². The van der Waals surface area contributed by atoms with Crippen molar-refractivity contribution in [3.63, 3.8) is 0 Å². The third-order valence-corrected chi connectivity index (χ3v) is 4.69. The molecule has 7 nitrogen and oxygen atoms in total. The first-order valence-corrected chi connectivity index (χ1v) is 9.72. The number of aromatic nitrogens is 2. The van der Waals surface area contributed by atoms with Crippen LogP contribution in [0.25, 0.3) is 10.8 Å². The van der Waals surface area contributed by atoms with Gasteiger partial charge in [0.1, 0.15) is 11.5 Å². The number of nitrogens with zero attached hydrogens (tertiary/aromatic N) is 2. The number of carbonyl (C=O) groups excluding carboxylic acids is 1. The van der Waals surface area contributed by atoms with Crippen LogP contribution >= 0.6 is 11.3 Å². The maximum Gasteiger partial charge on any atom is 0.268 e. The molecule has 2 heterocycles. The van der Waals surface area contributed by atoms with E-state index in [1.807, 2.05) is 47.8 Å². The molecule has 0 saturated heterocycles. The van der Waals surface area contributed by atoms with Gasteiger partial charge in [-0.3, -0.25) is 4.79 Å². The Hall–Kier alpha value is -3.65. The minimum Gasteiger partial charge on any atom is -0.484 e. The lowest BCUT2D eigenvalue weighted by molar-refractivity contribution is -0.118. The van der Waals surface area contributed by atoms with Gasteiger partial charge < -0.3 is 19.3 Å². The number of ether oxygens (including phenoxy) is 2. The third kappa shape index (κ3) is 4.99. The van der Waals surface area contributed by atoms with Gasteiger partial charge in [-0.2, -0.15) is 4.98 Å². The predicted octanol–water partition coefficient (Wildman–Crippen LogP) is 4.39. The Labute approximate surface area is 170 Å². The largest absolute Gasteiger partial charge is 0.484 e. The van der Waals surface area contributed by atoms with E-state index in [1.165, 1.54) is 11.3 Å². The first-order valence-electron chi connectivity index (χ1n) is 8.84. The van der Waals surface area contributed by atoms with Crippen LogP contribution in [0.5, 0.6) is 11.5 Å². The van der Waals surface area contributed by atoms with Gasteiger partial charge in [-0.05, 0) is 35.7 Å². The van der Waals surface area contributed by atoms with Crippen LogP contribution < -0.4 is 14.8 Å². The van der Waals surface area contributed by atoms with Gasteiger partial charge in [-0.1, -0.05) is 41.6 Å². The maximum absolute atomic E-state index is 12.2. The van der Waals surface area contributed by atoms with Gasteiger partial charge in [-0.15, -0.1) is 11.3 Å². The van der Waals surface area contributed by atoms with Crippen LogP contribution in [0.2, 0.25) is 0 Å². The van der Waals surface area contributed by atoms with E-state index in [1.54, 1.807) is 24.3 Å². The molecule has 1 amide bonds. The number of para-hydroxylation sites is 3. The molecule has 0 aliphatic heterocycles. The van der Waals surface area contributed by atoms with Gasteiger partial charge >= 0.3 is 0 Å². The summed E-state index contributed by atoms with van der Waals surface area (Å²) in [7, 11) is 0. The molecule has 4 rings (SSSR count). The van der Waals surface area contributed by atoms with Crippen molar-refractivity contribution in [3.8, 4) is 22.3 Å². The summed E-state index contributed by atoms with van der Waals surface area (Å²) in [6.07, 6.45) is 0.